The zero-order valence-electron chi connectivity index (χ0n) is 7.99. The SMILES string of the molecule is O=C1NCCC(Cc2ccccc2)N1. The second kappa shape index (κ2) is 4.13. The third-order valence-corrected chi connectivity index (χ3v) is 2.44. The molecule has 0 radical (unpaired) electrons. The third kappa shape index (κ3) is 2.25. The number of hydrogen-bond acceptors (Lipinski definition) is 1. The maximum absolute atomic E-state index is 11.0. The van der Waals surface area contributed by atoms with E-state index in [-0.39, 0.29) is 12.1 Å². The number of amides is 2. The fraction of sp³-hybridized carbons (Fsp3) is 0.364. The van der Waals surface area contributed by atoms with Crippen LogP contribution in [0.1, 0.15) is 12.0 Å². The smallest absolute Gasteiger partial charge is 0.315 e. The number of carbonyl (C=O) groups is 1. The van der Waals surface area contributed by atoms with Gasteiger partial charge in [0.2, 0.25) is 0 Å². The van der Waals surface area contributed by atoms with Gasteiger partial charge in [-0.2, -0.15) is 0 Å². The first-order chi connectivity index (χ1) is 6.84. The summed E-state index contributed by atoms with van der Waals surface area (Å²) < 4.78 is 0. The predicted molar refractivity (Wildman–Crippen MR) is 55.1 cm³/mol. The molecule has 74 valence electrons. The Bertz CT molecular complexity index is 310. The summed E-state index contributed by atoms with van der Waals surface area (Å²) in [6.45, 7) is 0.781. The molecule has 0 saturated carbocycles. The van der Waals surface area contributed by atoms with Crippen molar-refractivity contribution in [1.29, 1.82) is 0 Å². The highest BCUT2D eigenvalue weighted by Gasteiger charge is 2.16. The van der Waals surface area contributed by atoms with Gasteiger partial charge in [0, 0.05) is 12.6 Å². The van der Waals surface area contributed by atoms with Crippen LogP contribution in [0.3, 0.4) is 0 Å². The Balaban J connectivity index is 1.94. The number of hydrogen-bond donors (Lipinski definition) is 2. The number of benzene rings is 1. The minimum atomic E-state index is -0.0443. The van der Waals surface area contributed by atoms with Crippen LogP contribution in [0.15, 0.2) is 30.3 Å². The highest BCUT2D eigenvalue weighted by molar-refractivity contribution is 5.74. The van der Waals surface area contributed by atoms with Gasteiger partial charge in [0.25, 0.3) is 0 Å². The summed E-state index contributed by atoms with van der Waals surface area (Å²) in [5.41, 5.74) is 1.28. The summed E-state index contributed by atoms with van der Waals surface area (Å²) in [4.78, 5) is 11.0. The van der Waals surface area contributed by atoms with Crippen molar-refractivity contribution in [2.75, 3.05) is 6.54 Å². The lowest BCUT2D eigenvalue weighted by Gasteiger charge is -2.24. The van der Waals surface area contributed by atoms with E-state index in [0.29, 0.717) is 0 Å². The number of rotatable bonds is 2. The van der Waals surface area contributed by atoms with Gasteiger partial charge in [-0.25, -0.2) is 4.79 Å². The largest absolute Gasteiger partial charge is 0.338 e. The maximum Gasteiger partial charge on any atom is 0.315 e. The Morgan fingerprint density at radius 1 is 1.29 bits per heavy atom. The fourth-order valence-electron chi connectivity index (χ4n) is 1.72. The molecule has 1 aromatic carbocycles. The van der Waals surface area contributed by atoms with Crippen LogP contribution in [0.4, 0.5) is 4.79 Å². The van der Waals surface area contributed by atoms with Crippen LogP contribution in [0.2, 0.25) is 0 Å². The minimum absolute atomic E-state index is 0.0443. The van der Waals surface area contributed by atoms with E-state index in [9.17, 15) is 4.79 Å². The molecule has 1 heterocycles. The summed E-state index contributed by atoms with van der Waals surface area (Å²) in [6.07, 6.45) is 1.93. The van der Waals surface area contributed by atoms with Crippen LogP contribution in [-0.2, 0) is 6.42 Å². The lowest BCUT2D eigenvalue weighted by atomic mass is 10.0. The van der Waals surface area contributed by atoms with E-state index < -0.39 is 0 Å². The average Bonchev–Trinajstić information content (AvgIpc) is 2.19. The second-order valence-electron chi connectivity index (χ2n) is 3.58. The summed E-state index contributed by atoms with van der Waals surface area (Å²) in [7, 11) is 0. The summed E-state index contributed by atoms with van der Waals surface area (Å²) in [6, 6.07) is 10.5. The van der Waals surface area contributed by atoms with Crippen molar-refractivity contribution < 1.29 is 4.79 Å². The van der Waals surface area contributed by atoms with E-state index in [0.717, 1.165) is 19.4 Å². The van der Waals surface area contributed by atoms with Crippen molar-refractivity contribution in [3.8, 4) is 0 Å². The molecule has 1 fully saturated rings. The molecule has 1 atom stereocenters. The average molecular weight is 190 g/mol. The fourth-order valence-corrected chi connectivity index (χ4v) is 1.72. The molecule has 0 spiro atoms. The molecule has 2 N–H and O–H groups in total. The molecular formula is C11H14N2O. The molecule has 0 aromatic heterocycles. The molecule has 0 bridgehead atoms. The Hall–Kier alpha value is -1.51. The van der Waals surface area contributed by atoms with Crippen LogP contribution in [0, 0.1) is 0 Å². The van der Waals surface area contributed by atoms with Gasteiger partial charge >= 0.3 is 6.03 Å². The second-order valence-corrected chi connectivity index (χ2v) is 3.58. The molecule has 2 amide bonds. The van der Waals surface area contributed by atoms with Gasteiger partial charge in [0.15, 0.2) is 0 Å². The first-order valence-corrected chi connectivity index (χ1v) is 4.93. The Kier molecular flexibility index (Phi) is 2.68. The minimum Gasteiger partial charge on any atom is -0.338 e. The van der Waals surface area contributed by atoms with Crippen molar-refractivity contribution in [1.82, 2.24) is 10.6 Å². The molecule has 3 nitrogen and oxygen atoms in total. The lowest BCUT2D eigenvalue weighted by molar-refractivity contribution is 0.229. The molecule has 1 unspecified atom stereocenters. The van der Waals surface area contributed by atoms with Gasteiger partial charge in [-0.05, 0) is 18.4 Å². The molecular weight excluding hydrogens is 176 g/mol. The van der Waals surface area contributed by atoms with Crippen LogP contribution >= 0.6 is 0 Å². The molecule has 1 aliphatic heterocycles. The van der Waals surface area contributed by atoms with E-state index in [2.05, 4.69) is 22.8 Å². The van der Waals surface area contributed by atoms with Gasteiger partial charge < -0.3 is 10.6 Å². The Labute approximate surface area is 83.5 Å². The number of carbonyl (C=O) groups excluding carboxylic acids is 1. The third-order valence-electron chi connectivity index (χ3n) is 2.44. The normalized spacial score (nSPS) is 21.1. The zero-order chi connectivity index (χ0) is 9.80. The molecule has 1 aliphatic rings. The summed E-state index contributed by atoms with van der Waals surface area (Å²) >= 11 is 0. The van der Waals surface area contributed by atoms with Crippen molar-refractivity contribution in [2.45, 2.75) is 18.9 Å². The summed E-state index contributed by atoms with van der Waals surface area (Å²) in [5.74, 6) is 0. The molecule has 2 rings (SSSR count). The van der Waals surface area contributed by atoms with Crippen LogP contribution in [0.25, 0.3) is 0 Å². The summed E-state index contributed by atoms with van der Waals surface area (Å²) in [5, 5.41) is 5.66. The predicted octanol–water partition coefficient (Wildman–Crippen LogP) is 1.30. The van der Waals surface area contributed by atoms with E-state index in [1.54, 1.807) is 0 Å². The molecule has 1 aromatic rings. The van der Waals surface area contributed by atoms with E-state index >= 15 is 0 Å². The standard InChI is InChI=1S/C11H14N2O/c14-11-12-7-6-10(13-11)8-9-4-2-1-3-5-9/h1-5,10H,6-8H2,(H2,12,13,14). The highest BCUT2D eigenvalue weighted by Crippen LogP contribution is 2.07. The van der Waals surface area contributed by atoms with Crippen molar-refractivity contribution in [2.24, 2.45) is 0 Å². The van der Waals surface area contributed by atoms with E-state index in [4.69, 9.17) is 0 Å². The van der Waals surface area contributed by atoms with Gasteiger partial charge in [-0.1, -0.05) is 30.3 Å². The lowest BCUT2D eigenvalue weighted by Crippen LogP contribution is -2.49. The van der Waals surface area contributed by atoms with Crippen molar-refractivity contribution in [3.63, 3.8) is 0 Å². The van der Waals surface area contributed by atoms with Crippen molar-refractivity contribution >= 4 is 6.03 Å². The van der Waals surface area contributed by atoms with Gasteiger partial charge in [0.1, 0.15) is 0 Å². The zero-order valence-corrected chi connectivity index (χ0v) is 7.99. The quantitative estimate of drug-likeness (QED) is 0.725. The Morgan fingerprint density at radius 3 is 2.79 bits per heavy atom. The van der Waals surface area contributed by atoms with Gasteiger partial charge in [0.05, 0.1) is 0 Å². The van der Waals surface area contributed by atoms with Crippen LogP contribution in [0.5, 0.6) is 0 Å². The molecule has 3 heteroatoms. The van der Waals surface area contributed by atoms with Crippen LogP contribution < -0.4 is 10.6 Å². The first kappa shape index (κ1) is 9.06. The van der Waals surface area contributed by atoms with E-state index in [1.807, 2.05) is 18.2 Å². The number of urea groups is 1. The Morgan fingerprint density at radius 2 is 2.07 bits per heavy atom. The van der Waals surface area contributed by atoms with Crippen LogP contribution in [-0.4, -0.2) is 18.6 Å². The number of nitrogens with one attached hydrogen (secondary N) is 2. The topological polar surface area (TPSA) is 41.1 Å². The molecule has 14 heavy (non-hydrogen) atoms. The first-order valence-electron chi connectivity index (χ1n) is 4.93. The van der Waals surface area contributed by atoms with E-state index in [1.165, 1.54) is 5.56 Å². The molecule has 1 saturated heterocycles. The van der Waals surface area contributed by atoms with Gasteiger partial charge in [-0.3, -0.25) is 0 Å². The van der Waals surface area contributed by atoms with Gasteiger partial charge in [-0.15, -0.1) is 0 Å². The monoisotopic (exact) mass is 190 g/mol. The highest BCUT2D eigenvalue weighted by atomic mass is 16.2. The maximum atomic E-state index is 11.0. The molecule has 0 aliphatic carbocycles. The van der Waals surface area contributed by atoms with Crippen molar-refractivity contribution in [3.05, 3.63) is 35.9 Å².